The molecular weight excluding hydrogens is 504 g/mol. The van der Waals surface area contributed by atoms with Crippen LogP contribution in [0.5, 0.6) is 0 Å². The van der Waals surface area contributed by atoms with Gasteiger partial charge in [-0.15, -0.1) is 0 Å². The van der Waals surface area contributed by atoms with E-state index in [1.54, 1.807) is 0 Å². The molecule has 0 fully saturated rings. The Hall–Kier alpha value is -0.390. The van der Waals surface area contributed by atoms with Gasteiger partial charge < -0.3 is 0 Å². The smallest absolute Gasteiger partial charge is 0.264 e. The third-order valence-corrected chi connectivity index (χ3v) is 8.43. The minimum atomic E-state index is -4.37. The highest BCUT2D eigenvalue weighted by Crippen LogP contribution is 2.18. The van der Waals surface area contributed by atoms with Crippen LogP contribution in [-0.4, -0.2) is 19.6 Å². The molecule has 1 atom stereocenters. The van der Waals surface area contributed by atoms with Crippen molar-refractivity contribution in [3.63, 3.8) is 0 Å². The third-order valence-electron chi connectivity index (χ3n) is 7.99. The second-order valence-electron chi connectivity index (χ2n) is 12.0. The Balaban J connectivity index is 3.75. The SMILES string of the molecule is CCCCCCCCCCCCCCCCC/C=C/C(CCCCCCCCCCCCC)COS(=O)(=O)O. The van der Waals surface area contributed by atoms with Crippen LogP contribution in [0.15, 0.2) is 12.2 Å². The maximum absolute atomic E-state index is 11.0. The molecule has 5 heteroatoms. The van der Waals surface area contributed by atoms with Gasteiger partial charge in [-0.3, -0.25) is 4.55 Å². The van der Waals surface area contributed by atoms with Crippen molar-refractivity contribution in [1.82, 2.24) is 0 Å². The topological polar surface area (TPSA) is 63.6 Å². The molecule has 1 N–H and O–H groups in total. The molecule has 0 aliphatic carbocycles. The van der Waals surface area contributed by atoms with Gasteiger partial charge in [0.25, 0.3) is 0 Å². The van der Waals surface area contributed by atoms with E-state index < -0.39 is 10.4 Å². The van der Waals surface area contributed by atoms with Gasteiger partial charge in [0.1, 0.15) is 0 Å². The first-order chi connectivity index (χ1) is 19.0. The molecule has 0 spiro atoms. The summed E-state index contributed by atoms with van der Waals surface area (Å²) in [5, 5.41) is 0. The second kappa shape index (κ2) is 30.6. The molecule has 0 aromatic carbocycles. The normalized spacial score (nSPS) is 13.0. The molecule has 0 aliphatic rings. The highest BCUT2D eigenvalue weighted by atomic mass is 32.3. The summed E-state index contributed by atoms with van der Waals surface area (Å²) in [6.07, 6.45) is 41.2. The van der Waals surface area contributed by atoms with Gasteiger partial charge in [-0.25, -0.2) is 4.18 Å². The van der Waals surface area contributed by atoms with Crippen molar-refractivity contribution in [3.05, 3.63) is 12.2 Å². The maximum Gasteiger partial charge on any atom is 0.397 e. The molecule has 0 bridgehead atoms. The van der Waals surface area contributed by atoms with Gasteiger partial charge in [-0.05, 0) is 19.3 Å². The fourth-order valence-corrected chi connectivity index (χ4v) is 5.75. The first kappa shape index (κ1) is 38.6. The lowest BCUT2D eigenvalue weighted by atomic mass is 9.99. The molecule has 234 valence electrons. The molecule has 4 nitrogen and oxygen atoms in total. The Kier molecular flexibility index (Phi) is 30.3. The zero-order chi connectivity index (χ0) is 28.7. The van der Waals surface area contributed by atoms with Gasteiger partial charge in [-0.1, -0.05) is 187 Å². The Morgan fingerprint density at radius 2 is 0.872 bits per heavy atom. The summed E-state index contributed by atoms with van der Waals surface area (Å²) in [5.74, 6) is 0.0573. The number of rotatable bonds is 32. The lowest BCUT2D eigenvalue weighted by Gasteiger charge is -2.12. The van der Waals surface area contributed by atoms with E-state index in [0.717, 1.165) is 19.3 Å². The van der Waals surface area contributed by atoms with Crippen molar-refractivity contribution in [2.75, 3.05) is 6.61 Å². The largest absolute Gasteiger partial charge is 0.397 e. The number of allylic oxidation sites excluding steroid dienone is 1. The predicted octanol–water partition coefficient (Wildman–Crippen LogP) is 11.9. The van der Waals surface area contributed by atoms with Crippen LogP contribution in [0.3, 0.4) is 0 Å². The van der Waals surface area contributed by atoms with E-state index in [2.05, 4.69) is 26.0 Å². The first-order valence-corrected chi connectivity index (χ1v) is 18.6. The summed E-state index contributed by atoms with van der Waals surface area (Å²) in [6.45, 7) is 4.59. The monoisotopic (exact) mass is 572 g/mol. The lowest BCUT2D eigenvalue weighted by Crippen LogP contribution is -2.12. The molecule has 0 aliphatic heterocycles. The second-order valence-corrected chi connectivity index (χ2v) is 13.1. The Bertz CT molecular complexity index is 602. The minimum Gasteiger partial charge on any atom is -0.264 e. The summed E-state index contributed by atoms with van der Waals surface area (Å²) < 4.78 is 35.8. The van der Waals surface area contributed by atoms with Crippen LogP contribution < -0.4 is 0 Å². The van der Waals surface area contributed by atoms with E-state index in [1.165, 1.54) is 161 Å². The zero-order valence-electron chi connectivity index (χ0n) is 26.3. The Morgan fingerprint density at radius 3 is 1.23 bits per heavy atom. The van der Waals surface area contributed by atoms with E-state index >= 15 is 0 Å². The molecule has 0 radical (unpaired) electrons. The average molecular weight is 573 g/mol. The van der Waals surface area contributed by atoms with Crippen molar-refractivity contribution in [3.8, 4) is 0 Å². The van der Waals surface area contributed by atoms with E-state index in [-0.39, 0.29) is 12.5 Å². The molecule has 0 aromatic rings. The molecule has 1 unspecified atom stereocenters. The zero-order valence-corrected chi connectivity index (χ0v) is 27.1. The van der Waals surface area contributed by atoms with Gasteiger partial charge in [0.2, 0.25) is 0 Å². The number of hydrogen-bond donors (Lipinski definition) is 1. The third kappa shape index (κ3) is 33.7. The van der Waals surface area contributed by atoms with Crippen LogP contribution in [0.4, 0.5) is 0 Å². The highest BCUT2D eigenvalue weighted by Gasteiger charge is 2.11. The number of hydrogen-bond acceptors (Lipinski definition) is 3. The Morgan fingerprint density at radius 1 is 0.538 bits per heavy atom. The van der Waals surface area contributed by atoms with E-state index in [9.17, 15) is 8.42 Å². The van der Waals surface area contributed by atoms with Crippen LogP contribution in [0.2, 0.25) is 0 Å². The van der Waals surface area contributed by atoms with Crippen molar-refractivity contribution in [2.24, 2.45) is 5.92 Å². The quantitative estimate of drug-likeness (QED) is 0.0494. The van der Waals surface area contributed by atoms with Gasteiger partial charge in [0.05, 0.1) is 6.61 Å². The molecule has 39 heavy (non-hydrogen) atoms. The molecular formula is C34H68O4S. The Labute approximate surface area is 245 Å². The molecule has 0 heterocycles. The summed E-state index contributed by atoms with van der Waals surface area (Å²) in [7, 11) is -4.37. The van der Waals surface area contributed by atoms with Crippen LogP contribution in [0, 0.1) is 5.92 Å². The highest BCUT2D eigenvalue weighted by molar-refractivity contribution is 7.80. The van der Waals surface area contributed by atoms with Crippen LogP contribution in [0.25, 0.3) is 0 Å². The summed E-state index contributed by atoms with van der Waals surface area (Å²) >= 11 is 0. The minimum absolute atomic E-state index is 0.0476. The summed E-state index contributed by atoms with van der Waals surface area (Å²) in [6, 6.07) is 0. The van der Waals surface area contributed by atoms with Gasteiger partial charge in [-0.2, -0.15) is 8.42 Å². The van der Waals surface area contributed by atoms with Gasteiger partial charge in [0, 0.05) is 5.92 Å². The van der Waals surface area contributed by atoms with Crippen LogP contribution in [-0.2, 0) is 14.6 Å². The molecule has 0 saturated heterocycles. The van der Waals surface area contributed by atoms with E-state index in [4.69, 9.17) is 8.74 Å². The van der Waals surface area contributed by atoms with Crippen LogP contribution >= 0.6 is 0 Å². The van der Waals surface area contributed by atoms with E-state index in [0.29, 0.717) is 0 Å². The fraction of sp³-hybridized carbons (Fsp3) is 0.941. The van der Waals surface area contributed by atoms with E-state index in [1.807, 2.05) is 0 Å². The molecule has 0 amide bonds. The van der Waals surface area contributed by atoms with Gasteiger partial charge in [0.15, 0.2) is 0 Å². The molecule has 0 rings (SSSR count). The van der Waals surface area contributed by atoms with Crippen LogP contribution in [0.1, 0.15) is 194 Å². The maximum atomic E-state index is 11.0. The van der Waals surface area contributed by atoms with Crippen molar-refractivity contribution in [2.45, 2.75) is 194 Å². The number of unbranched alkanes of at least 4 members (excludes halogenated alkanes) is 25. The van der Waals surface area contributed by atoms with Gasteiger partial charge >= 0.3 is 10.4 Å². The summed E-state index contributed by atoms with van der Waals surface area (Å²) in [5.41, 5.74) is 0. The first-order valence-electron chi connectivity index (χ1n) is 17.3. The molecule has 0 aromatic heterocycles. The summed E-state index contributed by atoms with van der Waals surface area (Å²) in [4.78, 5) is 0. The van der Waals surface area contributed by atoms with Crippen molar-refractivity contribution in [1.29, 1.82) is 0 Å². The lowest BCUT2D eigenvalue weighted by molar-refractivity contribution is 0.234. The fourth-order valence-electron chi connectivity index (χ4n) is 5.40. The predicted molar refractivity (Wildman–Crippen MR) is 171 cm³/mol. The van der Waals surface area contributed by atoms with Crippen molar-refractivity contribution < 1.29 is 17.2 Å². The van der Waals surface area contributed by atoms with Crippen molar-refractivity contribution >= 4 is 10.4 Å². The standard InChI is InChI=1S/C34H68O4S/c1-3-5-7-9-11-13-15-16-17-18-19-20-22-24-26-28-30-32-34(33-38-39(35,36)37)31-29-27-25-23-21-14-12-10-8-6-4-2/h30,32,34H,3-29,31,33H2,1-2H3,(H,35,36,37)/b32-30+. The molecule has 0 saturated carbocycles. The average Bonchev–Trinajstić information content (AvgIpc) is 2.91.